The Labute approximate surface area is 125 Å². The minimum atomic E-state index is -0.967. The van der Waals surface area contributed by atoms with Gasteiger partial charge in [-0.25, -0.2) is 8.78 Å². The number of β-amino-alcohol motifs (C(OH)–C–C–N with tert-alkyl or cyclic N) is 1. The molecule has 5 nitrogen and oxygen atoms in total. The Hall–Kier alpha value is -2.28. The summed E-state index contributed by atoms with van der Waals surface area (Å²) < 4.78 is 26.5. The molecule has 3 rings (SSSR count). The Balaban J connectivity index is 1.94. The first-order valence-electron chi connectivity index (χ1n) is 6.91. The quantitative estimate of drug-likeness (QED) is 0.891. The number of aliphatic hydroxyl groups excluding tert-OH is 1. The summed E-state index contributed by atoms with van der Waals surface area (Å²) in [4.78, 5) is 14.1. The molecule has 22 heavy (non-hydrogen) atoms. The number of aryl methyl sites for hydroxylation is 1. The van der Waals surface area contributed by atoms with Crippen LogP contribution in [0.25, 0.3) is 0 Å². The minimum absolute atomic E-state index is 0.146. The zero-order valence-corrected chi connectivity index (χ0v) is 11.9. The summed E-state index contributed by atoms with van der Waals surface area (Å²) in [7, 11) is 0. The third-order valence-electron chi connectivity index (χ3n) is 3.93. The summed E-state index contributed by atoms with van der Waals surface area (Å²) >= 11 is 0. The SMILES string of the molecule is Cc1[nH]ncc1C(=O)N1C[C@@H](O)C[C@@H]1c1ccc(F)c(F)c1. The fourth-order valence-electron chi connectivity index (χ4n) is 2.79. The van der Waals surface area contributed by atoms with E-state index in [9.17, 15) is 18.7 Å². The molecule has 2 atom stereocenters. The fourth-order valence-corrected chi connectivity index (χ4v) is 2.79. The summed E-state index contributed by atoms with van der Waals surface area (Å²) in [5.41, 5.74) is 1.49. The standard InChI is InChI=1S/C15H15F2N3O2/c1-8-11(6-18-19-8)15(22)20-7-10(21)5-14(20)9-2-3-12(16)13(17)4-9/h2-4,6,10,14,21H,5,7H2,1H3,(H,18,19)/t10-,14+/m0/s1. The first-order chi connectivity index (χ1) is 10.5. The van der Waals surface area contributed by atoms with Crippen molar-refractivity contribution in [3.63, 3.8) is 0 Å². The molecule has 116 valence electrons. The van der Waals surface area contributed by atoms with Crippen LogP contribution in [0.2, 0.25) is 0 Å². The van der Waals surface area contributed by atoms with Crippen molar-refractivity contribution in [2.24, 2.45) is 0 Å². The first kappa shape index (κ1) is 14.6. The van der Waals surface area contributed by atoms with Crippen molar-refractivity contribution in [1.29, 1.82) is 0 Å². The lowest BCUT2D eigenvalue weighted by molar-refractivity contribution is 0.0715. The second-order valence-electron chi connectivity index (χ2n) is 5.45. The van der Waals surface area contributed by atoms with Crippen molar-refractivity contribution in [3.8, 4) is 0 Å². The molecule has 1 amide bonds. The van der Waals surface area contributed by atoms with Gasteiger partial charge in [0, 0.05) is 12.2 Å². The van der Waals surface area contributed by atoms with Gasteiger partial charge in [0.1, 0.15) is 0 Å². The van der Waals surface area contributed by atoms with Crippen LogP contribution in [-0.4, -0.2) is 38.8 Å². The molecule has 0 saturated carbocycles. The van der Waals surface area contributed by atoms with Crippen LogP contribution in [0.5, 0.6) is 0 Å². The lowest BCUT2D eigenvalue weighted by atomic mass is 10.0. The third-order valence-corrected chi connectivity index (χ3v) is 3.93. The van der Waals surface area contributed by atoms with E-state index in [-0.39, 0.29) is 18.9 Å². The number of aromatic nitrogens is 2. The van der Waals surface area contributed by atoms with E-state index >= 15 is 0 Å². The Morgan fingerprint density at radius 1 is 1.41 bits per heavy atom. The second-order valence-corrected chi connectivity index (χ2v) is 5.45. The maximum absolute atomic E-state index is 13.4. The van der Waals surface area contributed by atoms with E-state index in [2.05, 4.69) is 10.2 Å². The van der Waals surface area contributed by atoms with Crippen molar-refractivity contribution in [2.45, 2.75) is 25.5 Å². The monoisotopic (exact) mass is 307 g/mol. The lowest BCUT2D eigenvalue weighted by Gasteiger charge is -2.24. The molecular formula is C15H15F2N3O2. The number of hydrogen-bond acceptors (Lipinski definition) is 3. The number of nitrogens with zero attached hydrogens (tertiary/aromatic N) is 2. The summed E-state index contributed by atoms with van der Waals surface area (Å²) in [6, 6.07) is 3.04. The molecule has 2 aromatic rings. The number of rotatable bonds is 2. The number of aromatic amines is 1. The Kier molecular flexibility index (Phi) is 3.66. The summed E-state index contributed by atoms with van der Waals surface area (Å²) in [6.07, 6.45) is 1.01. The van der Waals surface area contributed by atoms with Gasteiger partial charge >= 0.3 is 0 Å². The molecule has 0 unspecified atom stereocenters. The molecule has 0 aliphatic carbocycles. The molecule has 1 aliphatic rings. The van der Waals surface area contributed by atoms with E-state index in [1.165, 1.54) is 17.2 Å². The molecular weight excluding hydrogens is 292 g/mol. The molecule has 1 saturated heterocycles. The molecule has 1 aromatic carbocycles. The molecule has 1 fully saturated rings. The number of likely N-dealkylation sites (tertiary alicyclic amines) is 1. The lowest BCUT2D eigenvalue weighted by Crippen LogP contribution is -2.32. The average molecular weight is 307 g/mol. The smallest absolute Gasteiger partial charge is 0.257 e. The van der Waals surface area contributed by atoms with Gasteiger partial charge in [-0.05, 0) is 31.0 Å². The van der Waals surface area contributed by atoms with E-state index in [1.54, 1.807) is 6.92 Å². The normalized spacial score (nSPS) is 21.4. The third kappa shape index (κ3) is 2.48. The number of carbonyl (C=O) groups is 1. The number of aliphatic hydroxyl groups is 1. The zero-order chi connectivity index (χ0) is 15.9. The van der Waals surface area contributed by atoms with Crippen molar-refractivity contribution in [3.05, 3.63) is 52.9 Å². The number of halogens is 2. The summed E-state index contributed by atoms with van der Waals surface area (Å²) in [5, 5.41) is 16.4. The predicted octanol–water partition coefficient (Wildman–Crippen LogP) is 1.94. The van der Waals surface area contributed by atoms with Crippen LogP contribution in [-0.2, 0) is 0 Å². The molecule has 1 aromatic heterocycles. The Bertz CT molecular complexity index is 717. The van der Waals surface area contributed by atoms with Crippen LogP contribution in [0.4, 0.5) is 8.78 Å². The van der Waals surface area contributed by atoms with E-state index in [1.807, 2.05) is 0 Å². The molecule has 7 heteroatoms. The second kappa shape index (κ2) is 5.49. The van der Waals surface area contributed by atoms with Gasteiger partial charge in [-0.1, -0.05) is 6.07 Å². The molecule has 2 N–H and O–H groups in total. The number of nitrogens with one attached hydrogen (secondary N) is 1. The highest BCUT2D eigenvalue weighted by Crippen LogP contribution is 2.34. The first-order valence-corrected chi connectivity index (χ1v) is 6.91. The van der Waals surface area contributed by atoms with E-state index in [0.29, 0.717) is 16.8 Å². The predicted molar refractivity (Wildman–Crippen MR) is 74.1 cm³/mol. The van der Waals surface area contributed by atoms with Crippen LogP contribution >= 0.6 is 0 Å². The maximum atomic E-state index is 13.4. The van der Waals surface area contributed by atoms with Gasteiger partial charge < -0.3 is 10.0 Å². The van der Waals surface area contributed by atoms with Crippen LogP contribution in [0.1, 0.15) is 34.1 Å². The van der Waals surface area contributed by atoms with E-state index in [0.717, 1.165) is 12.1 Å². The van der Waals surface area contributed by atoms with E-state index in [4.69, 9.17) is 0 Å². The van der Waals surface area contributed by atoms with Gasteiger partial charge in [0.15, 0.2) is 11.6 Å². The minimum Gasteiger partial charge on any atom is -0.391 e. The molecule has 1 aliphatic heterocycles. The van der Waals surface area contributed by atoms with Crippen LogP contribution in [0, 0.1) is 18.6 Å². The molecule has 0 spiro atoms. The topological polar surface area (TPSA) is 69.2 Å². The summed E-state index contributed by atoms with van der Waals surface area (Å²) in [6.45, 7) is 1.87. The highest BCUT2D eigenvalue weighted by molar-refractivity contribution is 5.95. The fraction of sp³-hybridized carbons (Fsp3) is 0.333. The van der Waals surface area contributed by atoms with E-state index < -0.39 is 23.8 Å². The van der Waals surface area contributed by atoms with Crippen LogP contribution in [0.3, 0.4) is 0 Å². The van der Waals surface area contributed by atoms with Crippen molar-refractivity contribution < 1.29 is 18.7 Å². The summed E-state index contributed by atoms with van der Waals surface area (Å²) in [5.74, 6) is -2.20. The number of hydrogen-bond donors (Lipinski definition) is 2. The van der Waals surface area contributed by atoms with Crippen molar-refractivity contribution in [1.82, 2.24) is 15.1 Å². The van der Waals surface area contributed by atoms with Crippen LogP contribution in [0.15, 0.2) is 24.4 Å². The number of carbonyl (C=O) groups excluding carboxylic acids is 1. The zero-order valence-electron chi connectivity index (χ0n) is 11.9. The highest BCUT2D eigenvalue weighted by atomic mass is 19.2. The van der Waals surface area contributed by atoms with Gasteiger partial charge in [-0.3, -0.25) is 9.89 Å². The molecule has 2 heterocycles. The number of amides is 1. The van der Waals surface area contributed by atoms with Gasteiger partial charge in [0.2, 0.25) is 0 Å². The average Bonchev–Trinajstić information content (AvgIpc) is 3.07. The van der Waals surface area contributed by atoms with Crippen molar-refractivity contribution >= 4 is 5.91 Å². The van der Waals surface area contributed by atoms with Gasteiger partial charge in [-0.2, -0.15) is 5.10 Å². The highest BCUT2D eigenvalue weighted by Gasteiger charge is 2.36. The van der Waals surface area contributed by atoms with Crippen molar-refractivity contribution in [2.75, 3.05) is 6.54 Å². The number of H-pyrrole nitrogens is 1. The Morgan fingerprint density at radius 3 is 2.82 bits per heavy atom. The molecule has 0 bridgehead atoms. The van der Waals surface area contributed by atoms with Crippen LogP contribution < -0.4 is 0 Å². The van der Waals surface area contributed by atoms with Gasteiger partial charge in [-0.15, -0.1) is 0 Å². The number of benzene rings is 1. The van der Waals surface area contributed by atoms with Gasteiger partial charge in [0.25, 0.3) is 5.91 Å². The largest absolute Gasteiger partial charge is 0.391 e. The van der Waals surface area contributed by atoms with Gasteiger partial charge in [0.05, 0.1) is 23.9 Å². The maximum Gasteiger partial charge on any atom is 0.257 e. The Morgan fingerprint density at radius 2 is 2.18 bits per heavy atom. The molecule has 0 radical (unpaired) electrons.